The molecule has 0 aliphatic carbocycles. The van der Waals surface area contributed by atoms with E-state index in [2.05, 4.69) is 15.7 Å². The Kier molecular flexibility index (Phi) is 5.04. The van der Waals surface area contributed by atoms with Crippen molar-refractivity contribution in [2.75, 3.05) is 18.5 Å². The monoisotopic (exact) mass is 386 g/mol. The highest BCUT2D eigenvalue weighted by atomic mass is 19.1. The topological polar surface area (TPSA) is 81.3 Å². The van der Waals surface area contributed by atoms with Crippen molar-refractivity contribution < 1.29 is 18.3 Å². The molecule has 3 heterocycles. The zero-order chi connectivity index (χ0) is 19.7. The van der Waals surface area contributed by atoms with E-state index in [1.807, 2.05) is 24.7 Å². The maximum atomic E-state index is 13.5. The number of amides is 2. The molecular weight excluding hydrogens is 363 g/mol. The molecule has 0 saturated carbocycles. The van der Waals surface area contributed by atoms with E-state index in [-0.39, 0.29) is 17.9 Å². The number of aromatic nitrogens is 2. The molecule has 7 nitrogen and oxygen atoms in total. The maximum Gasteiger partial charge on any atom is 0.319 e. The molecule has 1 aliphatic heterocycles. The molecule has 1 fully saturated rings. The van der Waals surface area contributed by atoms with Crippen molar-refractivity contribution in [3.8, 4) is 0 Å². The van der Waals surface area contributed by atoms with Gasteiger partial charge in [-0.05, 0) is 44.9 Å². The highest BCUT2D eigenvalue weighted by molar-refractivity contribution is 5.89. The van der Waals surface area contributed by atoms with Crippen molar-refractivity contribution in [2.45, 2.75) is 38.8 Å². The summed E-state index contributed by atoms with van der Waals surface area (Å²) in [5.41, 5.74) is 2.04. The minimum Gasteiger partial charge on any atom is -0.459 e. The number of fused-ring (bicyclic) bond motifs is 1. The van der Waals surface area contributed by atoms with Crippen LogP contribution in [-0.2, 0) is 4.74 Å². The van der Waals surface area contributed by atoms with Gasteiger partial charge in [0.25, 0.3) is 0 Å². The van der Waals surface area contributed by atoms with E-state index in [0.29, 0.717) is 28.5 Å². The number of halogens is 1. The first-order valence-electron chi connectivity index (χ1n) is 9.39. The average molecular weight is 386 g/mol. The van der Waals surface area contributed by atoms with Gasteiger partial charge in [0.05, 0.1) is 24.0 Å². The number of aryl methyl sites for hydroxylation is 1. The first-order chi connectivity index (χ1) is 13.5. The normalized spacial score (nSPS) is 16.2. The van der Waals surface area contributed by atoms with Gasteiger partial charge in [-0.1, -0.05) is 0 Å². The zero-order valence-corrected chi connectivity index (χ0v) is 15.9. The third kappa shape index (κ3) is 3.73. The largest absolute Gasteiger partial charge is 0.459 e. The smallest absolute Gasteiger partial charge is 0.319 e. The number of anilines is 1. The third-order valence-electron chi connectivity index (χ3n) is 5.10. The first-order valence-corrected chi connectivity index (χ1v) is 9.39. The molecule has 1 atom stereocenters. The zero-order valence-electron chi connectivity index (χ0n) is 15.9. The number of nitrogens with zero attached hydrogens (tertiary/aromatic N) is 2. The van der Waals surface area contributed by atoms with E-state index in [9.17, 15) is 9.18 Å². The Morgan fingerprint density at radius 3 is 2.93 bits per heavy atom. The van der Waals surface area contributed by atoms with E-state index in [4.69, 9.17) is 9.15 Å². The number of ether oxygens (including phenoxy) is 1. The Hall–Kier alpha value is -2.87. The van der Waals surface area contributed by atoms with Crippen molar-refractivity contribution in [1.29, 1.82) is 0 Å². The lowest BCUT2D eigenvalue weighted by Crippen LogP contribution is -2.31. The summed E-state index contributed by atoms with van der Waals surface area (Å²) in [6.45, 7) is 5.14. The molecule has 28 heavy (non-hydrogen) atoms. The van der Waals surface area contributed by atoms with Gasteiger partial charge >= 0.3 is 6.03 Å². The molecule has 8 heteroatoms. The standard InChI is InChI=1S/C20H23FN4O3/c1-12-17-9-14(21)3-4-18(17)28-19(12)13(2)23-20(26)24-15-10-22-25(11-15)16-5-7-27-8-6-16/h3-4,9-11,13,16H,5-8H2,1-2H3,(H2,23,24,26)/t13-/m0/s1. The fourth-order valence-electron chi connectivity index (χ4n) is 3.61. The maximum absolute atomic E-state index is 13.5. The summed E-state index contributed by atoms with van der Waals surface area (Å²) in [4.78, 5) is 12.4. The van der Waals surface area contributed by atoms with Gasteiger partial charge in [-0.15, -0.1) is 0 Å². The average Bonchev–Trinajstić information content (AvgIpc) is 3.27. The number of furan rings is 1. The predicted molar refractivity (Wildman–Crippen MR) is 103 cm³/mol. The molecule has 1 aliphatic rings. The molecule has 148 valence electrons. The number of hydrogen-bond donors (Lipinski definition) is 2. The molecule has 2 amide bonds. The molecule has 1 aromatic carbocycles. The van der Waals surface area contributed by atoms with Gasteiger partial charge in [-0.2, -0.15) is 5.10 Å². The number of nitrogens with one attached hydrogen (secondary N) is 2. The van der Waals surface area contributed by atoms with Crippen molar-refractivity contribution in [2.24, 2.45) is 0 Å². The van der Waals surface area contributed by atoms with Gasteiger partial charge in [0.15, 0.2) is 0 Å². The van der Waals surface area contributed by atoms with Gasteiger partial charge in [-0.25, -0.2) is 9.18 Å². The van der Waals surface area contributed by atoms with Gasteiger partial charge in [0, 0.05) is 30.4 Å². The Morgan fingerprint density at radius 2 is 2.14 bits per heavy atom. The van der Waals surface area contributed by atoms with Gasteiger partial charge < -0.3 is 19.8 Å². The Labute approximate surface area is 161 Å². The molecule has 2 N–H and O–H groups in total. The second kappa shape index (κ2) is 7.63. The molecule has 0 radical (unpaired) electrons. The van der Waals surface area contributed by atoms with E-state index in [1.165, 1.54) is 12.1 Å². The fraction of sp³-hybridized carbons (Fsp3) is 0.400. The summed E-state index contributed by atoms with van der Waals surface area (Å²) in [6.07, 6.45) is 5.29. The van der Waals surface area contributed by atoms with Crippen LogP contribution in [0.4, 0.5) is 14.9 Å². The molecule has 2 aromatic heterocycles. The summed E-state index contributed by atoms with van der Waals surface area (Å²) in [5.74, 6) is 0.288. The van der Waals surface area contributed by atoms with Crippen LogP contribution in [0.2, 0.25) is 0 Å². The van der Waals surface area contributed by atoms with E-state index >= 15 is 0 Å². The van der Waals surface area contributed by atoms with Crippen LogP contribution in [0.15, 0.2) is 35.0 Å². The van der Waals surface area contributed by atoms with Crippen LogP contribution in [0.3, 0.4) is 0 Å². The molecule has 1 saturated heterocycles. The van der Waals surface area contributed by atoms with Crippen LogP contribution in [0, 0.1) is 12.7 Å². The van der Waals surface area contributed by atoms with E-state index < -0.39 is 0 Å². The van der Waals surface area contributed by atoms with Gasteiger partial charge in [0.1, 0.15) is 17.2 Å². The van der Waals surface area contributed by atoms with Gasteiger partial charge in [0.2, 0.25) is 0 Å². The summed E-state index contributed by atoms with van der Waals surface area (Å²) >= 11 is 0. The van der Waals surface area contributed by atoms with Crippen molar-refractivity contribution in [1.82, 2.24) is 15.1 Å². The van der Waals surface area contributed by atoms with Crippen molar-refractivity contribution in [3.63, 3.8) is 0 Å². The molecule has 0 spiro atoms. The number of hydrogen-bond acceptors (Lipinski definition) is 4. The van der Waals surface area contributed by atoms with Gasteiger partial charge in [-0.3, -0.25) is 4.68 Å². The number of carbonyl (C=O) groups is 1. The molecule has 3 aromatic rings. The SMILES string of the molecule is Cc1c([C@H](C)NC(=O)Nc2cnn(C3CCOCC3)c2)oc2ccc(F)cc12. The van der Waals surface area contributed by atoms with Crippen molar-refractivity contribution in [3.05, 3.63) is 47.7 Å². The second-order valence-electron chi connectivity index (χ2n) is 7.10. The Bertz CT molecular complexity index is 991. The predicted octanol–water partition coefficient (Wildman–Crippen LogP) is 4.31. The lowest BCUT2D eigenvalue weighted by atomic mass is 10.1. The van der Waals surface area contributed by atoms with E-state index in [0.717, 1.165) is 31.6 Å². The number of benzene rings is 1. The second-order valence-corrected chi connectivity index (χ2v) is 7.10. The van der Waals surface area contributed by atoms with Crippen LogP contribution in [0.25, 0.3) is 11.0 Å². The third-order valence-corrected chi connectivity index (χ3v) is 5.10. The van der Waals surface area contributed by atoms with E-state index in [1.54, 1.807) is 12.3 Å². The fourth-order valence-corrected chi connectivity index (χ4v) is 3.61. The summed E-state index contributed by atoms with van der Waals surface area (Å²) in [7, 11) is 0. The minimum absolute atomic E-state index is 0.296. The first kappa shape index (κ1) is 18.5. The molecule has 0 unspecified atom stereocenters. The lowest BCUT2D eigenvalue weighted by Gasteiger charge is -2.22. The van der Waals surface area contributed by atoms with Crippen LogP contribution in [-0.4, -0.2) is 29.0 Å². The van der Waals surface area contributed by atoms with Crippen LogP contribution < -0.4 is 10.6 Å². The van der Waals surface area contributed by atoms with Crippen LogP contribution >= 0.6 is 0 Å². The quantitative estimate of drug-likeness (QED) is 0.700. The molecule has 0 bridgehead atoms. The van der Waals surface area contributed by atoms with Crippen molar-refractivity contribution >= 4 is 22.7 Å². The number of rotatable bonds is 4. The molecular formula is C20H23FN4O3. The minimum atomic E-state index is -0.374. The number of urea groups is 1. The lowest BCUT2D eigenvalue weighted by molar-refractivity contribution is 0.0662. The summed E-state index contributed by atoms with van der Waals surface area (Å²) < 4.78 is 26.5. The Morgan fingerprint density at radius 1 is 1.36 bits per heavy atom. The summed E-state index contributed by atoms with van der Waals surface area (Å²) in [5, 5.41) is 10.7. The van der Waals surface area contributed by atoms with Crippen LogP contribution in [0.1, 0.15) is 43.2 Å². The summed E-state index contributed by atoms with van der Waals surface area (Å²) in [6, 6.07) is 3.96. The molecule has 4 rings (SSSR count). The highest BCUT2D eigenvalue weighted by Crippen LogP contribution is 2.30. The highest BCUT2D eigenvalue weighted by Gasteiger charge is 2.20. The number of carbonyl (C=O) groups excluding carboxylic acids is 1. The van der Waals surface area contributed by atoms with Crippen LogP contribution in [0.5, 0.6) is 0 Å². The Balaban J connectivity index is 1.41.